The molecular weight excluding hydrogens is 184 g/mol. The van der Waals surface area contributed by atoms with Gasteiger partial charge in [0.2, 0.25) is 0 Å². The fourth-order valence-electron chi connectivity index (χ4n) is 1.61. The zero-order valence-electron chi connectivity index (χ0n) is 9.70. The van der Waals surface area contributed by atoms with Crippen LogP contribution in [0.5, 0.6) is 0 Å². The van der Waals surface area contributed by atoms with Crippen molar-refractivity contribution < 1.29 is 0 Å². The van der Waals surface area contributed by atoms with Gasteiger partial charge in [0.1, 0.15) is 0 Å². The summed E-state index contributed by atoms with van der Waals surface area (Å²) >= 11 is 0. The van der Waals surface area contributed by atoms with Crippen molar-refractivity contribution in [3.8, 4) is 0 Å². The summed E-state index contributed by atoms with van der Waals surface area (Å²) in [4.78, 5) is 8.72. The molecule has 0 spiro atoms. The molecule has 0 fully saturated rings. The van der Waals surface area contributed by atoms with Crippen LogP contribution in [0.4, 0.5) is 0 Å². The molecule has 0 aliphatic carbocycles. The third-order valence-electron chi connectivity index (χ3n) is 2.65. The molecule has 0 unspecified atom stereocenters. The lowest BCUT2D eigenvalue weighted by molar-refractivity contribution is 0.588. The fraction of sp³-hybridized carbons (Fsp3) is 0.385. The maximum atomic E-state index is 4.48. The van der Waals surface area contributed by atoms with Crippen LogP contribution >= 0.6 is 0 Å². The molecular formula is C13H16N2. The number of pyridine rings is 2. The molecule has 78 valence electrons. The number of aryl methyl sites for hydroxylation is 1. The van der Waals surface area contributed by atoms with Crippen molar-refractivity contribution in [3.05, 3.63) is 35.8 Å². The molecule has 2 heteroatoms. The molecule has 2 rings (SSSR count). The minimum Gasteiger partial charge on any atom is -0.259 e. The molecule has 0 saturated heterocycles. The van der Waals surface area contributed by atoms with Crippen LogP contribution in [0.1, 0.15) is 32.0 Å². The second kappa shape index (κ2) is 3.30. The van der Waals surface area contributed by atoms with E-state index in [0.29, 0.717) is 0 Å². The molecule has 2 aromatic rings. The van der Waals surface area contributed by atoms with E-state index in [1.54, 1.807) is 0 Å². The van der Waals surface area contributed by atoms with Gasteiger partial charge in [-0.15, -0.1) is 0 Å². The lowest BCUT2D eigenvalue weighted by Crippen LogP contribution is -2.11. The second-order valence-corrected chi connectivity index (χ2v) is 4.94. The van der Waals surface area contributed by atoms with Gasteiger partial charge in [-0.1, -0.05) is 20.8 Å². The van der Waals surface area contributed by atoms with Crippen LogP contribution in [0.3, 0.4) is 0 Å². The SMILES string of the molecule is Cc1nccc2cc(C(C)(C)C)cnc12. The zero-order valence-corrected chi connectivity index (χ0v) is 9.70. The molecule has 2 aromatic heterocycles. The number of nitrogens with zero attached hydrogens (tertiary/aromatic N) is 2. The van der Waals surface area contributed by atoms with Crippen molar-refractivity contribution >= 4 is 10.9 Å². The molecule has 0 atom stereocenters. The number of fused-ring (bicyclic) bond motifs is 1. The second-order valence-electron chi connectivity index (χ2n) is 4.94. The topological polar surface area (TPSA) is 25.8 Å². The Bertz CT molecular complexity index is 495. The number of hydrogen-bond acceptors (Lipinski definition) is 2. The summed E-state index contributed by atoms with van der Waals surface area (Å²) in [5.74, 6) is 0. The van der Waals surface area contributed by atoms with Crippen LogP contribution in [0, 0.1) is 6.92 Å². The summed E-state index contributed by atoms with van der Waals surface area (Å²) < 4.78 is 0. The Balaban J connectivity index is 2.68. The van der Waals surface area contributed by atoms with Crippen molar-refractivity contribution in [1.82, 2.24) is 9.97 Å². The average molecular weight is 200 g/mol. The Morgan fingerprint density at radius 1 is 1.13 bits per heavy atom. The highest BCUT2D eigenvalue weighted by atomic mass is 14.7. The average Bonchev–Trinajstić information content (AvgIpc) is 2.16. The molecule has 2 heterocycles. The standard InChI is InChI=1S/C13H16N2/c1-9-12-10(5-6-14-9)7-11(8-15-12)13(2,3)4/h5-8H,1-4H3. The maximum Gasteiger partial charge on any atom is 0.0914 e. The van der Waals surface area contributed by atoms with Crippen molar-refractivity contribution in [2.75, 3.05) is 0 Å². The molecule has 0 aliphatic heterocycles. The van der Waals surface area contributed by atoms with Gasteiger partial charge in [-0.3, -0.25) is 9.97 Å². The van der Waals surface area contributed by atoms with Gasteiger partial charge in [0.25, 0.3) is 0 Å². The highest BCUT2D eigenvalue weighted by molar-refractivity contribution is 5.80. The highest BCUT2D eigenvalue weighted by Gasteiger charge is 2.14. The van der Waals surface area contributed by atoms with E-state index in [0.717, 1.165) is 11.2 Å². The first-order chi connectivity index (χ1) is 6.98. The lowest BCUT2D eigenvalue weighted by atomic mass is 9.88. The quantitative estimate of drug-likeness (QED) is 0.652. The lowest BCUT2D eigenvalue weighted by Gasteiger charge is -2.18. The first-order valence-corrected chi connectivity index (χ1v) is 5.20. The van der Waals surface area contributed by atoms with Crippen LogP contribution < -0.4 is 0 Å². The van der Waals surface area contributed by atoms with E-state index in [9.17, 15) is 0 Å². The maximum absolute atomic E-state index is 4.48. The van der Waals surface area contributed by atoms with Crippen LogP contribution in [-0.4, -0.2) is 9.97 Å². The van der Waals surface area contributed by atoms with E-state index in [4.69, 9.17) is 0 Å². The third-order valence-corrected chi connectivity index (χ3v) is 2.65. The molecule has 0 aromatic carbocycles. The van der Waals surface area contributed by atoms with Gasteiger partial charge in [-0.25, -0.2) is 0 Å². The number of hydrogen-bond donors (Lipinski definition) is 0. The predicted molar refractivity (Wildman–Crippen MR) is 63.0 cm³/mol. The van der Waals surface area contributed by atoms with E-state index in [-0.39, 0.29) is 5.41 Å². The molecule has 2 nitrogen and oxygen atoms in total. The Morgan fingerprint density at radius 3 is 2.53 bits per heavy atom. The van der Waals surface area contributed by atoms with Gasteiger partial charge in [-0.05, 0) is 30.0 Å². The predicted octanol–water partition coefficient (Wildman–Crippen LogP) is 3.24. The van der Waals surface area contributed by atoms with Gasteiger partial charge in [0.05, 0.1) is 11.2 Å². The highest BCUT2D eigenvalue weighted by Crippen LogP contribution is 2.24. The molecule has 0 saturated carbocycles. The minimum absolute atomic E-state index is 0.151. The van der Waals surface area contributed by atoms with Gasteiger partial charge >= 0.3 is 0 Å². The summed E-state index contributed by atoms with van der Waals surface area (Å²) in [6, 6.07) is 4.22. The van der Waals surface area contributed by atoms with Crippen molar-refractivity contribution in [2.45, 2.75) is 33.1 Å². The van der Waals surface area contributed by atoms with E-state index in [2.05, 4.69) is 36.8 Å². The monoisotopic (exact) mass is 200 g/mol. The van der Waals surface area contributed by atoms with Crippen LogP contribution in [0.15, 0.2) is 24.5 Å². The van der Waals surface area contributed by atoms with Crippen LogP contribution in [0.25, 0.3) is 10.9 Å². The summed E-state index contributed by atoms with van der Waals surface area (Å²) in [6.45, 7) is 8.59. The summed E-state index contributed by atoms with van der Waals surface area (Å²) in [5.41, 5.74) is 3.41. The molecule has 0 aliphatic rings. The largest absolute Gasteiger partial charge is 0.259 e. The van der Waals surface area contributed by atoms with Crippen molar-refractivity contribution in [1.29, 1.82) is 0 Å². The Hall–Kier alpha value is -1.44. The first-order valence-electron chi connectivity index (χ1n) is 5.20. The Labute approximate surface area is 90.4 Å². The molecule has 0 amide bonds. The fourth-order valence-corrected chi connectivity index (χ4v) is 1.61. The normalized spacial score (nSPS) is 12.0. The van der Waals surface area contributed by atoms with E-state index >= 15 is 0 Å². The first kappa shape index (κ1) is 10.1. The van der Waals surface area contributed by atoms with E-state index in [1.165, 1.54) is 10.9 Å². The van der Waals surface area contributed by atoms with Crippen molar-refractivity contribution in [2.24, 2.45) is 0 Å². The van der Waals surface area contributed by atoms with Gasteiger partial charge < -0.3 is 0 Å². The summed E-state index contributed by atoms with van der Waals surface area (Å²) in [6.07, 6.45) is 3.79. The molecule has 0 N–H and O–H groups in total. The van der Waals surface area contributed by atoms with E-state index in [1.807, 2.05) is 25.4 Å². The Morgan fingerprint density at radius 2 is 1.87 bits per heavy atom. The molecule has 0 radical (unpaired) electrons. The van der Waals surface area contributed by atoms with Crippen LogP contribution in [0.2, 0.25) is 0 Å². The van der Waals surface area contributed by atoms with Crippen molar-refractivity contribution in [3.63, 3.8) is 0 Å². The molecule has 0 bridgehead atoms. The Kier molecular flexibility index (Phi) is 2.22. The summed E-state index contributed by atoms with van der Waals surface area (Å²) in [5, 5.41) is 1.18. The number of aromatic nitrogens is 2. The van der Waals surface area contributed by atoms with Gasteiger partial charge in [-0.2, -0.15) is 0 Å². The van der Waals surface area contributed by atoms with Gasteiger partial charge in [0, 0.05) is 17.8 Å². The minimum atomic E-state index is 0.151. The number of rotatable bonds is 0. The molecule has 15 heavy (non-hydrogen) atoms. The smallest absolute Gasteiger partial charge is 0.0914 e. The summed E-state index contributed by atoms with van der Waals surface area (Å²) in [7, 11) is 0. The zero-order chi connectivity index (χ0) is 11.1. The van der Waals surface area contributed by atoms with Crippen LogP contribution in [-0.2, 0) is 5.41 Å². The third kappa shape index (κ3) is 1.84. The van der Waals surface area contributed by atoms with Gasteiger partial charge in [0.15, 0.2) is 0 Å². The van der Waals surface area contributed by atoms with E-state index < -0.39 is 0 Å².